The molecule has 5 rings (SSSR count). The molecular formula is C28H24N2O4. The van der Waals surface area contributed by atoms with Crippen molar-refractivity contribution < 1.29 is 18.7 Å². The minimum atomic E-state index is -0.299. The second-order valence-electron chi connectivity index (χ2n) is 8.15. The Balaban J connectivity index is 1.37. The fourth-order valence-corrected chi connectivity index (χ4v) is 3.89. The lowest BCUT2D eigenvalue weighted by atomic mass is 10.1. The van der Waals surface area contributed by atoms with Crippen LogP contribution < -0.4 is 14.8 Å². The number of anilines is 1. The molecule has 1 heterocycles. The van der Waals surface area contributed by atoms with E-state index in [1.54, 1.807) is 19.2 Å². The largest absolute Gasteiger partial charge is 0.495 e. The lowest BCUT2D eigenvalue weighted by Gasteiger charge is -2.13. The van der Waals surface area contributed by atoms with E-state index < -0.39 is 0 Å². The zero-order valence-corrected chi connectivity index (χ0v) is 19.2. The zero-order valence-electron chi connectivity index (χ0n) is 19.2. The number of ether oxygens (including phenoxy) is 2. The third-order valence-corrected chi connectivity index (χ3v) is 5.83. The SMILES string of the molecule is COc1ccc(-c2nc3cc(C)c(C)cc3o2)cc1NC(=O)COc1cccc2ccccc12. The van der Waals surface area contributed by atoms with Crippen molar-refractivity contribution in [2.24, 2.45) is 0 Å². The van der Waals surface area contributed by atoms with Crippen molar-refractivity contribution in [1.29, 1.82) is 0 Å². The number of carbonyl (C=O) groups is 1. The van der Waals surface area contributed by atoms with Crippen LogP contribution in [0.3, 0.4) is 0 Å². The number of aryl methyl sites for hydroxylation is 2. The quantitative estimate of drug-likeness (QED) is 0.328. The maximum Gasteiger partial charge on any atom is 0.262 e. The van der Waals surface area contributed by atoms with Crippen molar-refractivity contribution in [2.45, 2.75) is 13.8 Å². The number of nitrogens with zero attached hydrogens (tertiary/aromatic N) is 1. The average Bonchev–Trinajstić information content (AvgIpc) is 3.25. The van der Waals surface area contributed by atoms with E-state index in [-0.39, 0.29) is 12.5 Å². The molecule has 1 aromatic heterocycles. The second kappa shape index (κ2) is 8.90. The molecule has 0 saturated carbocycles. The number of carbonyl (C=O) groups excluding carboxylic acids is 1. The summed E-state index contributed by atoms with van der Waals surface area (Å²) in [6.45, 7) is 3.95. The number of aromatic nitrogens is 1. The molecule has 0 atom stereocenters. The van der Waals surface area contributed by atoms with Crippen LogP contribution in [-0.2, 0) is 4.79 Å². The van der Waals surface area contributed by atoms with E-state index in [1.807, 2.05) is 74.5 Å². The molecular weight excluding hydrogens is 428 g/mol. The van der Waals surface area contributed by atoms with E-state index in [0.29, 0.717) is 23.1 Å². The number of methoxy groups -OCH3 is 1. The lowest BCUT2D eigenvalue weighted by Crippen LogP contribution is -2.20. The van der Waals surface area contributed by atoms with Crippen LogP contribution in [0, 0.1) is 13.8 Å². The third-order valence-electron chi connectivity index (χ3n) is 5.83. The predicted octanol–water partition coefficient (Wildman–Crippen LogP) is 6.29. The molecule has 5 aromatic rings. The van der Waals surface area contributed by atoms with Crippen LogP contribution >= 0.6 is 0 Å². The van der Waals surface area contributed by atoms with Gasteiger partial charge in [-0.05, 0) is 66.8 Å². The molecule has 6 heteroatoms. The molecule has 0 aliphatic carbocycles. The van der Waals surface area contributed by atoms with Gasteiger partial charge >= 0.3 is 0 Å². The minimum absolute atomic E-state index is 0.136. The highest BCUT2D eigenvalue weighted by Crippen LogP contribution is 2.33. The molecule has 0 unspecified atom stereocenters. The number of oxazole rings is 1. The summed E-state index contributed by atoms with van der Waals surface area (Å²) in [7, 11) is 1.56. The normalized spacial score (nSPS) is 11.0. The molecule has 1 amide bonds. The Labute approximate surface area is 197 Å². The molecule has 34 heavy (non-hydrogen) atoms. The van der Waals surface area contributed by atoms with Gasteiger partial charge in [-0.15, -0.1) is 0 Å². The Kier molecular flexibility index (Phi) is 5.64. The molecule has 0 spiro atoms. The van der Waals surface area contributed by atoms with Crippen molar-refractivity contribution in [3.05, 3.63) is 83.9 Å². The summed E-state index contributed by atoms with van der Waals surface area (Å²) in [6, 6.07) is 23.1. The predicted molar refractivity (Wildman–Crippen MR) is 134 cm³/mol. The monoisotopic (exact) mass is 452 g/mol. The van der Waals surface area contributed by atoms with Crippen molar-refractivity contribution in [3.8, 4) is 23.0 Å². The number of nitrogens with one attached hydrogen (secondary N) is 1. The van der Waals surface area contributed by atoms with Crippen molar-refractivity contribution >= 4 is 33.5 Å². The van der Waals surface area contributed by atoms with Crippen LogP contribution in [0.4, 0.5) is 5.69 Å². The molecule has 1 N–H and O–H groups in total. The zero-order chi connectivity index (χ0) is 23.7. The van der Waals surface area contributed by atoms with E-state index in [1.165, 1.54) is 0 Å². The molecule has 0 fully saturated rings. The summed E-state index contributed by atoms with van der Waals surface area (Å²) in [4.78, 5) is 17.3. The number of hydrogen-bond acceptors (Lipinski definition) is 5. The van der Waals surface area contributed by atoms with Crippen LogP contribution in [0.25, 0.3) is 33.3 Å². The molecule has 0 aliphatic rings. The third kappa shape index (κ3) is 4.18. The second-order valence-corrected chi connectivity index (χ2v) is 8.15. The van der Waals surface area contributed by atoms with Gasteiger partial charge in [-0.1, -0.05) is 36.4 Å². The van der Waals surface area contributed by atoms with Gasteiger partial charge in [0.05, 0.1) is 12.8 Å². The maximum absolute atomic E-state index is 12.7. The summed E-state index contributed by atoms with van der Waals surface area (Å²) < 4.78 is 17.2. The Bertz CT molecular complexity index is 1480. The van der Waals surface area contributed by atoms with E-state index in [9.17, 15) is 4.79 Å². The summed E-state index contributed by atoms with van der Waals surface area (Å²) >= 11 is 0. The first-order valence-electron chi connectivity index (χ1n) is 11.0. The Morgan fingerprint density at radius 1 is 0.941 bits per heavy atom. The van der Waals surface area contributed by atoms with Gasteiger partial charge in [0.1, 0.15) is 17.0 Å². The lowest BCUT2D eigenvalue weighted by molar-refractivity contribution is -0.118. The topological polar surface area (TPSA) is 73.6 Å². The average molecular weight is 453 g/mol. The summed E-state index contributed by atoms with van der Waals surface area (Å²) in [5, 5.41) is 4.89. The highest BCUT2D eigenvalue weighted by molar-refractivity contribution is 5.95. The van der Waals surface area contributed by atoms with Crippen LogP contribution in [0.1, 0.15) is 11.1 Å². The van der Waals surface area contributed by atoms with Crippen LogP contribution in [0.15, 0.2) is 77.2 Å². The first kappa shape index (κ1) is 21.5. The van der Waals surface area contributed by atoms with Gasteiger partial charge < -0.3 is 19.2 Å². The summed E-state index contributed by atoms with van der Waals surface area (Å²) in [5.41, 5.74) is 5.06. The van der Waals surface area contributed by atoms with Crippen LogP contribution in [0.2, 0.25) is 0 Å². The van der Waals surface area contributed by atoms with E-state index in [4.69, 9.17) is 13.9 Å². The van der Waals surface area contributed by atoms with Gasteiger partial charge in [-0.2, -0.15) is 0 Å². The van der Waals surface area contributed by atoms with Gasteiger partial charge in [0.25, 0.3) is 5.91 Å². The van der Waals surface area contributed by atoms with Crippen LogP contribution in [0.5, 0.6) is 11.5 Å². The Morgan fingerprint density at radius 2 is 1.74 bits per heavy atom. The van der Waals surface area contributed by atoms with Gasteiger partial charge in [0, 0.05) is 10.9 Å². The van der Waals surface area contributed by atoms with E-state index in [0.717, 1.165) is 38.6 Å². The molecule has 0 saturated heterocycles. The van der Waals surface area contributed by atoms with Crippen molar-refractivity contribution in [2.75, 3.05) is 19.0 Å². The Morgan fingerprint density at radius 3 is 2.59 bits per heavy atom. The van der Waals surface area contributed by atoms with Crippen LogP contribution in [-0.4, -0.2) is 24.6 Å². The fourth-order valence-electron chi connectivity index (χ4n) is 3.89. The first-order chi connectivity index (χ1) is 16.5. The highest BCUT2D eigenvalue weighted by Gasteiger charge is 2.15. The molecule has 0 radical (unpaired) electrons. The maximum atomic E-state index is 12.7. The van der Waals surface area contributed by atoms with Gasteiger partial charge in [-0.3, -0.25) is 4.79 Å². The first-order valence-corrected chi connectivity index (χ1v) is 11.0. The highest BCUT2D eigenvalue weighted by atomic mass is 16.5. The Hall–Kier alpha value is -4.32. The molecule has 4 aromatic carbocycles. The number of rotatable bonds is 6. The molecule has 0 aliphatic heterocycles. The van der Waals surface area contributed by atoms with Gasteiger partial charge in [-0.25, -0.2) is 4.98 Å². The van der Waals surface area contributed by atoms with Crippen molar-refractivity contribution in [3.63, 3.8) is 0 Å². The summed E-state index contributed by atoms with van der Waals surface area (Å²) in [5.74, 6) is 1.37. The summed E-state index contributed by atoms with van der Waals surface area (Å²) in [6.07, 6.45) is 0. The van der Waals surface area contributed by atoms with E-state index >= 15 is 0 Å². The molecule has 6 nitrogen and oxygen atoms in total. The van der Waals surface area contributed by atoms with Gasteiger partial charge in [0.15, 0.2) is 12.2 Å². The smallest absolute Gasteiger partial charge is 0.262 e. The van der Waals surface area contributed by atoms with Crippen molar-refractivity contribution in [1.82, 2.24) is 4.98 Å². The molecule has 170 valence electrons. The molecule has 0 bridgehead atoms. The number of amides is 1. The van der Waals surface area contributed by atoms with Gasteiger partial charge in [0.2, 0.25) is 5.89 Å². The number of hydrogen-bond donors (Lipinski definition) is 1. The fraction of sp³-hybridized carbons (Fsp3) is 0.143. The standard InChI is InChI=1S/C28H24N2O4/c1-17-13-22-26(14-18(17)2)34-28(30-22)20-11-12-25(32-3)23(15-20)29-27(31)16-33-24-10-6-8-19-7-4-5-9-21(19)24/h4-15H,16H2,1-3H3,(H,29,31). The number of benzene rings is 4. The minimum Gasteiger partial charge on any atom is -0.495 e. The number of fused-ring (bicyclic) bond motifs is 2. The van der Waals surface area contributed by atoms with E-state index in [2.05, 4.69) is 10.3 Å².